The van der Waals surface area contributed by atoms with E-state index in [1.165, 1.54) is 0 Å². The van der Waals surface area contributed by atoms with Gasteiger partial charge >= 0.3 is 18.0 Å². The Hall–Kier alpha value is -0.920. The number of alkyl halides is 3. The number of halogens is 3. The van der Waals surface area contributed by atoms with Crippen LogP contribution in [-0.2, 0) is 23.8 Å². The Morgan fingerprint density at radius 1 is 1.21 bits per heavy atom. The molecule has 0 aliphatic heterocycles. The molecule has 0 aromatic rings. The fourth-order valence-electron chi connectivity index (χ4n) is 0.816. The first-order valence-corrected chi connectivity index (χ1v) is 6.13. The van der Waals surface area contributed by atoms with Crippen LogP contribution in [0.25, 0.3) is 0 Å². The normalized spacial score (nSPS) is 12.3. The summed E-state index contributed by atoms with van der Waals surface area (Å²) in [6.07, 6.45) is -2.73. The van der Waals surface area contributed by atoms with Gasteiger partial charge in [-0.2, -0.15) is 0 Å². The zero-order valence-corrected chi connectivity index (χ0v) is 12.3. The topological polar surface area (TPSA) is 90.9 Å². The number of rotatable bonds is 5. The molecule has 0 aliphatic rings. The van der Waals surface area contributed by atoms with Gasteiger partial charge in [0.15, 0.2) is 0 Å². The summed E-state index contributed by atoms with van der Waals surface area (Å²) in [6, 6.07) is 0. The lowest BCUT2D eigenvalue weighted by molar-refractivity contribution is -0.168. The smallest absolute Gasteiger partial charge is 0.410 e. The van der Waals surface area contributed by atoms with Crippen molar-refractivity contribution in [3.63, 3.8) is 0 Å². The Balaban J connectivity index is 4.42. The van der Waals surface area contributed by atoms with Crippen LogP contribution in [0, 0.1) is 0 Å². The fraction of sp³-hybridized carbons (Fsp3) is 0.667. The highest BCUT2D eigenvalue weighted by Gasteiger charge is 2.28. The maximum atomic E-state index is 11.4. The summed E-state index contributed by atoms with van der Waals surface area (Å²) in [6.45, 7) is 2.10. The molecule has 0 spiro atoms. The maximum Gasteiger partial charge on any atom is 0.410 e. The second-order valence-electron chi connectivity index (χ2n) is 3.08. The van der Waals surface area contributed by atoms with E-state index in [-0.39, 0.29) is 6.61 Å². The van der Waals surface area contributed by atoms with Crippen LogP contribution in [0.5, 0.6) is 0 Å². The van der Waals surface area contributed by atoms with Crippen molar-refractivity contribution in [2.24, 2.45) is 0 Å². The van der Waals surface area contributed by atoms with Gasteiger partial charge in [-0.3, -0.25) is 10.1 Å². The van der Waals surface area contributed by atoms with E-state index in [0.29, 0.717) is 0 Å². The lowest BCUT2D eigenvalue weighted by atomic mass is 10.5. The molecule has 19 heavy (non-hydrogen) atoms. The number of carbonyl (C=O) groups is 3. The van der Waals surface area contributed by atoms with E-state index in [1.807, 2.05) is 5.32 Å². The van der Waals surface area contributed by atoms with Crippen molar-refractivity contribution in [2.45, 2.75) is 23.9 Å². The van der Waals surface area contributed by atoms with Gasteiger partial charge in [-0.05, 0) is 6.92 Å². The van der Waals surface area contributed by atoms with Crippen LogP contribution >= 0.6 is 34.8 Å². The van der Waals surface area contributed by atoms with Gasteiger partial charge in [-0.1, -0.05) is 34.8 Å². The second-order valence-corrected chi connectivity index (χ2v) is 5.59. The SMILES string of the molecule is CCOC(=O)C(NC(=O)OCC(Cl)(Cl)Cl)OC(C)=O. The standard InChI is InChI=1S/C9H12Cl3NO6/c1-3-17-7(15)6(19-5(2)14)13-8(16)18-4-9(10,11)12/h6H,3-4H2,1-2H3,(H,13,16). The fourth-order valence-corrected chi connectivity index (χ4v) is 0.980. The van der Waals surface area contributed by atoms with Crippen LogP contribution < -0.4 is 5.32 Å². The molecular weight excluding hydrogens is 324 g/mol. The number of esters is 2. The van der Waals surface area contributed by atoms with Crippen LogP contribution in [0.3, 0.4) is 0 Å². The minimum absolute atomic E-state index is 0.0431. The number of alkyl carbamates (subject to hydrolysis) is 1. The molecule has 1 atom stereocenters. The van der Waals surface area contributed by atoms with E-state index in [0.717, 1.165) is 6.92 Å². The van der Waals surface area contributed by atoms with Gasteiger partial charge in [0.2, 0.25) is 3.79 Å². The summed E-state index contributed by atoms with van der Waals surface area (Å²) in [5.74, 6) is -1.75. The number of nitrogens with one attached hydrogen (secondary N) is 1. The highest BCUT2D eigenvalue weighted by Crippen LogP contribution is 2.25. The maximum absolute atomic E-state index is 11.4. The first-order valence-electron chi connectivity index (χ1n) is 4.99. The predicted molar refractivity (Wildman–Crippen MR) is 67.0 cm³/mol. The quantitative estimate of drug-likeness (QED) is 0.354. The lowest BCUT2D eigenvalue weighted by Gasteiger charge is -2.17. The van der Waals surface area contributed by atoms with Crippen molar-refractivity contribution >= 4 is 52.8 Å². The Labute approximate surface area is 124 Å². The molecule has 1 unspecified atom stereocenters. The third-order valence-electron chi connectivity index (χ3n) is 1.40. The molecule has 1 amide bonds. The molecule has 1 N–H and O–H groups in total. The van der Waals surface area contributed by atoms with Crippen LogP contribution in [-0.4, -0.2) is 41.3 Å². The molecule has 110 valence electrons. The Morgan fingerprint density at radius 2 is 1.79 bits per heavy atom. The van der Waals surface area contributed by atoms with Gasteiger partial charge in [0.1, 0.15) is 6.61 Å². The number of ether oxygens (including phenoxy) is 3. The molecule has 0 radical (unpaired) electrons. The van der Waals surface area contributed by atoms with Crippen molar-refractivity contribution in [2.75, 3.05) is 13.2 Å². The molecule has 0 aromatic carbocycles. The minimum atomic E-state index is -1.79. The van der Waals surface area contributed by atoms with Crippen molar-refractivity contribution in [3.8, 4) is 0 Å². The summed E-state index contributed by atoms with van der Waals surface area (Å²) < 4.78 is 11.8. The monoisotopic (exact) mass is 335 g/mol. The molecule has 0 saturated carbocycles. The van der Waals surface area contributed by atoms with Gasteiger partial charge in [-0.25, -0.2) is 9.59 Å². The largest absolute Gasteiger partial charge is 0.462 e. The summed E-state index contributed by atoms with van der Waals surface area (Å²) in [5.41, 5.74) is 0. The van der Waals surface area contributed by atoms with E-state index in [2.05, 4.69) is 14.2 Å². The van der Waals surface area contributed by atoms with Crippen LogP contribution in [0.15, 0.2) is 0 Å². The van der Waals surface area contributed by atoms with E-state index in [9.17, 15) is 14.4 Å². The highest BCUT2D eigenvalue weighted by atomic mass is 35.6. The van der Waals surface area contributed by atoms with E-state index >= 15 is 0 Å². The Bertz CT molecular complexity index is 343. The average Bonchev–Trinajstić information content (AvgIpc) is 2.24. The lowest BCUT2D eigenvalue weighted by Crippen LogP contribution is -2.45. The molecule has 10 heteroatoms. The van der Waals surface area contributed by atoms with Crippen molar-refractivity contribution < 1.29 is 28.6 Å². The molecule has 0 aliphatic carbocycles. The van der Waals surface area contributed by atoms with Gasteiger partial charge in [0, 0.05) is 6.92 Å². The third kappa shape index (κ3) is 9.63. The molecule has 0 rings (SSSR count). The minimum Gasteiger partial charge on any atom is -0.462 e. The van der Waals surface area contributed by atoms with Crippen LogP contribution in [0.4, 0.5) is 4.79 Å². The molecule has 0 heterocycles. The van der Waals surface area contributed by atoms with Crippen molar-refractivity contribution in [3.05, 3.63) is 0 Å². The van der Waals surface area contributed by atoms with Crippen LogP contribution in [0.2, 0.25) is 0 Å². The van der Waals surface area contributed by atoms with E-state index in [4.69, 9.17) is 34.8 Å². The van der Waals surface area contributed by atoms with Crippen molar-refractivity contribution in [1.82, 2.24) is 5.32 Å². The van der Waals surface area contributed by atoms with Gasteiger partial charge in [0.05, 0.1) is 6.61 Å². The first kappa shape index (κ1) is 18.1. The summed E-state index contributed by atoms with van der Waals surface area (Å²) in [4.78, 5) is 33.4. The van der Waals surface area contributed by atoms with E-state index < -0.39 is 34.7 Å². The van der Waals surface area contributed by atoms with Crippen LogP contribution in [0.1, 0.15) is 13.8 Å². The highest BCUT2D eigenvalue weighted by molar-refractivity contribution is 6.67. The number of carbonyl (C=O) groups excluding carboxylic acids is 3. The summed E-state index contributed by atoms with van der Waals surface area (Å²) in [7, 11) is 0. The molecule has 0 saturated heterocycles. The number of hydrogen-bond donors (Lipinski definition) is 1. The number of hydrogen-bond acceptors (Lipinski definition) is 6. The zero-order chi connectivity index (χ0) is 15.1. The van der Waals surface area contributed by atoms with E-state index in [1.54, 1.807) is 6.92 Å². The molecule has 0 fully saturated rings. The summed E-state index contributed by atoms with van der Waals surface area (Å²) in [5, 5.41) is 1.95. The van der Waals surface area contributed by atoms with Gasteiger partial charge in [0.25, 0.3) is 6.23 Å². The summed E-state index contributed by atoms with van der Waals surface area (Å²) >= 11 is 16.1. The first-order chi connectivity index (χ1) is 8.65. The molecule has 7 nitrogen and oxygen atoms in total. The predicted octanol–water partition coefficient (Wildman–Crippen LogP) is 1.54. The van der Waals surface area contributed by atoms with Gasteiger partial charge in [-0.15, -0.1) is 0 Å². The second kappa shape index (κ2) is 8.29. The molecule has 0 bridgehead atoms. The Kier molecular flexibility index (Phi) is 7.89. The number of amides is 1. The van der Waals surface area contributed by atoms with Crippen molar-refractivity contribution in [1.29, 1.82) is 0 Å². The Morgan fingerprint density at radius 3 is 2.21 bits per heavy atom. The third-order valence-corrected chi connectivity index (χ3v) is 1.73. The molecular formula is C9H12Cl3NO6. The van der Waals surface area contributed by atoms with Gasteiger partial charge < -0.3 is 14.2 Å². The molecule has 0 aromatic heterocycles. The average molecular weight is 337 g/mol. The zero-order valence-electron chi connectivity index (χ0n) is 10.1.